The minimum absolute atomic E-state index is 0.142. The van der Waals surface area contributed by atoms with Gasteiger partial charge in [-0.1, -0.05) is 18.2 Å². The molecule has 2 heterocycles. The molecule has 1 atom stereocenters. The maximum atomic E-state index is 12.6. The van der Waals surface area contributed by atoms with Crippen molar-refractivity contribution in [2.45, 2.75) is 19.4 Å². The van der Waals surface area contributed by atoms with Gasteiger partial charge in [-0.25, -0.2) is 9.78 Å². The number of aryl methyl sites for hydroxylation is 1. The maximum Gasteiger partial charge on any atom is 0.327 e. The highest BCUT2D eigenvalue weighted by atomic mass is 16.4. The molecule has 1 amide bonds. The molecule has 0 aliphatic carbocycles. The fourth-order valence-corrected chi connectivity index (χ4v) is 2.46. The van der Waals surface area contributed by atoms with Crippen LogP contribution in [0.25, 0.3) is 0 Å². The van der Waals surface area contributed by atoms with Crippen LogP contribution in [0.5, 0.6) is 0 Å². The number of anilines is 1. The van der Waals surface area contributed by atoms with Crippen LogP contribution in [0.4, 0.5) is 5.69 Å². The second-order valence-electron chi connectivity index (χ2n) is 4.91. The van der Waals surface area contributed by atoms with Gasteiger partial charge in [-0.15, -0.1) is 0 Å². The van der Waals surface area contributed by atoms with Crippen molar-refractivity contribution in [2.75, 3.05) is 4.90 Å². The Morgan fingerprint density at radius 2 is 2.00 bits per heavy atom. The van der Waals surface area contributed by atoms with E-state index in [0.717, 1.165) is 5.56 Å². The van der Waals surface area contributed by atoms with Gasteiger partial charge in [0.2, 0.25) is 0 Å². The minimum atomic E-state index is -1.03. The summed E-state index contributed by atoms with van der Waals surface area (Å²) in [6.07, 6.45) is 3.17. The number of aromatic nitrogens is 2. The van der Waals surface area contributed by atoms with Crippen molar-refractivity contribution in [1.29, 1.82) is 0 Å². The van der Waals surface area contributed by atoms with E-state index >= 15 is 0 Å². The number of benzene rings is 1. The molecule has 1 aromatic carbocycles. The second-order valence-corrected chi connectivity index (χ2v) is 4.91. The molecule has 2 aromatic rings. The molecule has 6 heteroatoms. The fraction of sp³-hybridized carbons (Fsp3) is 0.200. The first kappa shape index (κ1) is 13.2. The Hall–Kier alpha value is -2.76. The van der Waals surface area contributed by atoms with Crippen LogP contribution in [0.15, 0.2) is 36.7 Å². The number of carbonyl (C=O) groups excluding carboxylic acids is 1. The molecule has 1 aromatic heterocycles. The van der Waals surface area contributed by atoms with Crippen LogP contribution in [0, 0.1) is 6.92 Å². The van der Waals surface area contributed by atoms with E-state index in [1.165, 1.54) is 17.3 Å². The number of carbonyl (C=O) groups is 2. The number of aliphatic carboxylic acids is 1. The molecule has 1 unspecified atom stereocenters. The highest BCUT2D eigenvalue weighted by molar-refractivity contribution is 6.09. The third-order valence-corrected chi connectivity index (χ3v) is 3.48. The van der Waals surface area contributed by atoms with Crippen molar-refractivity contribution in [2.24, 2.45) is 0 Å². The van der Waals surface area contributed by atoms with Gasteiger partial charge in [0.15, 0.2) is 0 Å². The quantitative estimate of drug-likeness (QED) is 0.901. The molecular weight excluding hydrogens is 270 g/mol. The molecule has 0 radical (unpaired) electrons. The van der Waals surface area contributed by atoms with Crippen molar-refractivity contribution in [3.63, 3.8) is 0 Å². The average Bonchev–Trinajstić information content (AvgIpc) is 2.87. The molecule has 6 nitrogen and oxygen atoms in total. The van der Waals surface area contributed by atoms with Crippen LogP contribution in [0.2, 0.25) is 0 Å². The number of fused-ring (bicyclic) bond motifs is 1. The first-order valence-electron chi connectivity index (χ1n) is 6.51. The van der Waals surface area contributed by atoms with Gasteiger partial charge in [0.25, 0.3) is 5.91 Å². The van der Waals surface area contributed by atoms with Gasteiger partial charge in [-0.05, 0) is 18.6 Å². The summed E-state index contributed by atoms with van der Waals surface area (Å²) >= 11 is 0. The Morgan fingerprint density at radius 1 is 1.24 bits per heavy atom. The molecule has 1 aliphatic heterocycles. The number of amides is 1. The average molecular weight is 283 g/mol. The summed E-state index contributed by atoms with van der Waals surface area (Å²) in [4.78, 5) is 33.4. The van der Waals surface area contributed by atoms with E-state index < -0.39 is 17.9 Å². The zero-order valence-electron chi connectivity index (χ0n) is 11.4. The molecule has 0 saturated carbocycles. The summed E-state index contributed by atoms with van der Waals surface area (Å²) in [7, 11) is 0. The van der Waals surface area contributed by atoms with Crippen molar-refractivity contribution in [1.82, 2.24) is 9.97 Å². The molecule has 106 valence electrons. The zero-order chi connectivity index (χ0) is 15.0. The Balaban J connectivity index is 2.03. The smallest absolute Gasteiger partial charge is 0.327 e. The van der Waals surface area contributed by atoms with Gasteiger partial charge >= 0.3 is 5.97 Å². The first-order chi connectivity index (χ1) is 10.1. The normalized spacial score (nSPS) is 16.6. The zero-order valence-corrected chi connectivity index (χ0v) is 11.4. The molecule has 21 heavy (non-hydrogen) atoms. The highest BCUT2D eigenvalue weighted by Crippen LogP contribution is 2.33. The third-order valence-electron chi connectivity index (χ3n) is 3.48. The van der Waals surface area contributed by atoms with Gasteiger partial charge in [-0.3, -0.25) is 14.7 Å². The van der Waals surface area contributed by atoms with Gasteiger partial charge in [0, 0.05) is 18.3 Å². The molecular formula is C15H13N3O3. The molecule has 0 bridgehead atoms. The topological polar surface area (TPSA) is 83.4 Å². The van der Waals surface area contributed by atoms with Crippen molar-refractivity contribution in [3.8, 4) is 0 Å². The van der Waals surface area contributed by atoms with E-state index in [2.05, 4.69) is 9.97 Å². The van der Waals surface area contributed by atoms with Crippen molar-refractivity contribution in [3.05, 3.63) is 53.6 Å². The van der Waals surface area contributed by atoms with Gasteiger partial charge in [0.1, 0.15) is 11.7 Å². The molecule has 0 fully saturated rings. The van der Waals surface area contributed by atoms with Gasteiger partial charge in [-0.2, -0.15) is 0 Å². The van der Waals surface area contributed by atoms with Crippen LogP contribution in [0.1, 0.15) is 21.7 Å². The Kier molecular flexibility index (Phi) is 3.13. The predicted octanol–water partition coefficient (Wildman–Crippen LogP) is 1.44. The predicted molar refractivity (Wildman–Crippen MR) is 75.1 cm³/mol. The lowest BCUT2D eigenvalue weighted by atomic mass is 10.1. The third kappa shape index (κ3) is 2.24. The van der Waals surface area contributed by atoms with E-state index in [4.69, 9.17) is 0 Å². The number of para-hydroxylation sites is 1. The Morgan fingerprint density at radius 3 is 2.67 bits per heavy atom. The number of hydrogen-bond acceptors (Lipinski definition) is 4. The van der Waals surface area contributed by atoms with Crippen LogP contribution < -0.4 is 4.90 Å². The number of rotatable bonds is 2. The standard InChI is InChI=1S/C15H13N3O3/c1-9-7-17-11(8-16-9)14(19)18-12-5-3-2-4-10(12)6-13(18)15(20)21/h2-5,7-8,13H,6H2,1H3,(H,20,21). The van der Waals surface area contributed by atoms with Crippen molar-refractivity contribution >= 4 is 17.6 Å². The molecule has 1 aliphatic rings. The maximum absolute atomic E-state index is 12.6. The summed E-state index contributed by atoms with van der Waals surface area (Å²) < 4.78 is 0. The number of carboxylic acid groups (broad SMARTS) is 1. The van der Waals surface area contributed by atoms with Crippen LogP contribution in [-0.4, -0.2) is 33.0 Å². The number of nitrogens with zero attached hydrogens (tertiary/aromatic N) is 3. The molecule has 0 saturated heterocycles. The molecule has 1 N–H and O–H groups in total. The molecule has 0 spiro atoms. The highest BCUT2D eigenvalue weighted by Gasteiger charge is 2.39. The molecule has 3 rings (SSSR count). The summed E-state index contributed by atoms with van der Waals surface area (Å²) in [5.74, 6) is -1.47. The Labute approximate surface area is 121 Å². The Bertz CT molecular complexity index is 712. The lowest BCUT2D eigenvalue weighted by Crippen LogP contribution is -2.43. The largest absolute Gasteiger partial charge is 0.480 e. The van der Waals surface area contributed by atoms with E-state index in [0.29, 0.717) is 17.8 Å². The summed E-state index contributed by atoms with van der Waals surface area (Å²) in [6, 6.07) is 6.29. The van der Waals surface area contributed by atoms with Gasteiger partial charge < -0.3 is 5.11 Å². The SMILES string of the molecule is Cc1cnc(C(=O)N2c3ccccc3CC2C(=O)O)cn1. The van der Waals surface area contributed by atoms with E-state index in [1.54, 1.807) is 19.1 Å². The fourth-order valence-electron chi connectivity index (χ4n) is 2.46. The lowest BCUT2D eigenvalue weighted by molar-refractivity contribution is -0.138. The first-order valence-corrected chi connectivity index (χ1v) is 6.51. The van der Waals surface area contributed by atoms with Gasteiger partial charge in [0.05, 0.1) is 11.9 Å². The summed E-state index contributed by atoms with van der Waals surface area (Å²) in [6.45, 7) is 1.77. The summed E-state index contributed by atoms with van der Waals surface area (Å²) in [5.41, 5.74) is 2.31. The lowest BCUT2D eigenvalue weighted by Gasteiger charge is -2.22. The monoisotopic (exact) mass is 283 g/mol. The van der Waals surface area contributed by atoms with E-state index in [9.17, 15) is 14.7 Å². The van der Waals surface area contributed by atoms with Crippen molar-refractivity contribution < 1.29 is 14.7 Å². The number of hydrogen-bond donors (Lipinski definition) is 1. The van der Waals surface area contributed by atoms with E-state index in [1.807, 2.05) is 12.1 Å². The minimum Gasteiger partial charge on any atom is -0.480 e. The number of carboxylic acids is 1. The summed E-state index contributed by atoms with van der Waals surface area (Å²) in [5, 5.41) is 9.37. The van der Waals surface area contributed by atoms with E-state index in [-0.39, 0.29) is 5.69 Å². The van der Waals surface area contributed by atoms with Crippen LogP contribution in [-0.2, 0) is 11.2 Å². The van der Waals surface area contributed by atoms with Crippen LogP contribution in [0.3, 0.4) is 0 Å². The van der Waals surface area contributed by atoms with Crippen LogP contribution >= 0.6 is 0 Å². The second kappa shape index (κ2) is 4.97.